The molecule has 23 heavy (non-hydrogen) atoms. The van der Waals surface area contributed by atoms with Crippen LogP contribution in [0, 0.1) is 0 Å². The minimum Gasteiger partial charge on any atom is -0.331 e. The topological polar surface area (TPSA) is 40.6 Å². The Labute approximate surface area is 140 Å². The monoisotopic (exact) mass is 328 g/mol. The van der Waals surface area contributed by atoms with E-state index in [4.69, 9.17) is 0 Å². The summed E-state index contributed by atoms with van der Waals surface area (Å²) in [6.45, 7) is 1.51. The van der Waals surface area contributed by atoms with Crippen molar-refractivity contribution < 1.29 is 9.59 Å². The van der Waals surface area contributed by atoms with Crippen LogP contribution in [-0.4, -0.2) is 52.4 Å². The molecule has 1 aliphatic carbocycles. The van der Waals surface area contributed by atoms with Crippen LogP contribution in [0.4, 0.5) is 0 Å². The van der Waals surface area contributed by atoms with Gasteiger partial charge in [0.1, 0.15) is 6.04 Å². The maximum atomic E-state index is 12.9. The molecule has 0 N–H and O–H groups in total. The Balaban J connectivity index is 1.51. The number of rotatable bonds is 2. The van der Waals surface area contributed by atoms with Crippen molar-refractivity contribution in [2.24, 2.45) is 0 Å². The Kier molecular flexibility index (Phi) is 3.89. The van der Waals surface area contributed by atoms with Crippen molar-refractivity contribution in [2.75, 3.05) is 24.7 Å². The van der Waals surface area contributed by atoms with Crippen molar-refractivity contribution in [3.63, 3.8) is 0 Å². The zero-order valence-corrected chi connectivity index (χ0v) is 13.8. The number of thioether (sulfide) groups is 1. The Bertz CT molecular complexity index is 679. The molecule has 120 valence electrons. The van der Waals surface area contributed by atoms with Crippen LogP contribution in [0.3, 0.4) is 0 Å². The zero-order valence-electron chi connectivity index (χ0n) is 13.0. The van der Waals surface area contributed by atoms with E-state index < -0.39 is 0 Å². The van der Waals surface area contributed by atoms with Gasteiger partial charge in [-0.25, -0.2) is 0 Å². The fourth-order valence-corrected chi connectivity index (χ4v) is 4.62. The molecule has 2 fully saturated rings. The molecule has 1 atom stereocenters. The molecule has 0 saturated carbocycles. The smallest absolute Gasteiger partial charge is 0.250 e. The lowest BCUT2D eigenvalue weighted by molar-refractivity contribution is -0.141. The number of likely N-dealkylation sites (tertiary alicyclic amines) is 1. The molecule has 0 unspecified atom stereocenters. The van der Waals surface area contributed by atoms with Crippen LogP contribution in [0.1, 0.15) is 24.0 Å². The van der Waals surface area contributed by atoms with Crippen molar-refractivity contribution in [1.29, 1.82) is 0 Å². The molecule has 2 heterocycles. The average molecular weight is 328 g/mol. The summed E-state index contributed by atoms with van der Waals surface area (Å²) in [5.41, 5.74) is 3.16. The third-order valence-corrected chi connectivity index (χ3v) is 5.87. The maximum Gasteiger partial charge on any atom is 0.250 e. The Morgan fingerprint density at radius 2 is 2.04 bits per heavy atom. The minimum absolute atomic E-state index is 0.0453. The van der Waals surface area contributed by atoms with Gasteiger partial charge in [0.2, 0.25) is 5.91 Å². The van der Waals surface area contributed by atoms with E-state index in [0.29, 0.717) is 13.0 Å². The van der Waals surface area contributed by atoms with Gasteiger partial charge in [-0.1, -0.05) is 24.3 Å². The quantitative estimate of drug-likeness (QED) is 0.835. The van der Waals surface area contributed by atoms with E-state index in [9.17, 15) is 9.59 Å². The lowest BCUT2D eigenvalue weighted by Gasteiger charge is -2.27. The number of hydrogen-bond acceptors (Lipinski definition) is 3. The van der Waals surface area contributed by atoms with Crippen molar-refractivity contribution >= 4 is 29.7 Å². The average Bonchev–Trinajstić information content (AvgIpc) is 3.32. The molecule has 1 aromatic rings. The molecule has 2 aliphatic heterocycles. The lowest BCUT2D eigenvalue weighted by atomic mass is 10.1. The number of nitrogens with zero attached hydrogens (tertiary/aromatic N) is 2. The van der Waals surface area contributed by atoms with Crippen LogP contribution >= 0.6 is 11.8 Å². The molecule has 5 heteroatoms. The second-order valence-electron chi connectivity index (χ2n) is 6.34. The number of amides is 2. The second kappa shape index (κ2) is 6.04. The number of benzene rings is 1. The molecule has 0 aromatic heterocycles. The van der Waals surface area contributed by atoms with Gasteiger partial charge in [0.05, 0.1) is 5.88 Å². The fraction of sp³-hybridized carbons (Fsp3) is 0.444. The third kappa shape index (κ3) is 2.67. The van der Waals surface area contributed by atoms with Crippen LogP contribution in [0.2, 0.25) is 0 Å². The Hall–Kier alpha value is -1.75. The maximum absolute atomic E-state index is 12.9. The van der Waals surface area contributed by atoms with Crippen LogP contribution in [-0.2, 0) is 16.0 Å². The summed E-state index contributed by atoms with van der Waals surface area (Å²) in [5.74, 6) is 1.96. The number of carbonyl (C=O) groups excluding carboxylic acids is 2. The summed E-state index contributed by atoms with van der Waals surface area (Å²) in [5, 5.41) is 0. The standard InChI is InChI=1S/C18H20N2O2S/c21-17(15-10-13-4-1-2-5-14(13)11-15)20-7-3-6-16(20)18(22)19-8-9-23-12-19/h1-2,4-5,10,16H,3,6-9,11-12H2/t16-/m0/s1. The van der Waals surface area contributed by atoms with E-state index in [1.54, 1.807) is 11.8 Å². The summed E-state index contributed by atoms with van der Waals surface area (Å²) < 4.78 is 0. The molecule has 0 spiro atoms. The van der Waals surface area contributed by atoms with Gasteiger partial charge in [0, 0.05) is 30.8 Å². The molecule has 4 nitrogen and oxygen atoms in total. The predicted molar refractivity (Wildman–Crippen MR) is 91.9 cm³/mol. The first-order chi connectivity index (χ1) is 11.2. The molecule has 0 bridgehead atoms. The highest BCUT2D eigenvalue weighted by molar-refractivity contribution is 7.99. The van der Waals surface area contributed by atoms with Gasteiger partial charge in [0.15, 0.2) is 0 Å². The van der Waals surface area contributed by atoms with E-state index >= 15 is 0 Å². The van der Waals surface area contributed by atoms with Crippen molar-refractivity contribution in [1.82, 2.24) is 9.80 Å². The number of carbonyl (C=O) groups is 2. The Morgan fingerprint density at radius 1 is 1.17 bits per heavy atom. The van der Waals surface area contributed by atoms with Crippen molar-refractivity contribution in [3.8, 4) is 0 Å². The molecule has 1 aromatic carbocycles. The van der Waals surface area contributed by atoms with Gasteiger partial charge in [-0.3, -0.25) is 9.59 Å². The van der Waals surface area contributed by atoms with Crippen LogP contribution in [0.15, 0.2) is 29.8 Å². The largest absolute Gasteiger partial charge is 0.331 e. The van der Waals surface area contributed by atoms with Gasteiger partial charge in [-0.2, -0.15) is 0 Å². The molecule has 3 aliphatic rings. The zero-order chi connectivity index (χ0) is 15.8. The molecular weight excluding hydrogens is 308 g/mol. The number of hydrogen-bond donors (Lipinski definition) is 0. The van der Waals surface area contributed by atoms with E-state index in [2.05, 4.69) is 6.07 Å². The first-order valence-corrected chi connectivity index (χ1v) is 9.35. The highest BCUT2D eigenvalue weighted by Crippen LogP contribution is 2.29. The second-order valence-corrected chi connectivity index (χ2v) is 7.42. The van der Waals surface area contributed by atoms with Crippen molar-refractivity contribution in [2.45, 2.75) is 25.3 Å². The van der Waals surface area contributed by atoms with E-state index in [-0.39, 0.29) is 17.9 Å². The van der Waals surface area contributed by atoms with Gasteiger partial charge in [-0.05, 0) is 30.0 Å². The van der Waals surface area contributed by atoms with E-state index in [0.717, 1.165) is 42.2 Å². The summed E-state index contributed by atoms with van der Waals surface area (Å²) >= 11 is 1.79. The molecule has 2 amide bonds. The first-order valence-electron chi connectivity index (χ1n) is 8.20. The lowest BCUT2D eigenvalue weighted by Crippen LogP contribution is -2.47. The minimum atomic E-state index is -0.259. The fourth-order valence-electron chi connectivity index (χ4n) is 3.67. The number of fused-ring (bicyclic) bond motifs is 1. The van der Waals surface area contributed by atoms with E-state index in [1.807, 2.05) is 34.1 Å². The highest BCUT2D eigenvalue weighted by atomic mass is 32.2. The van der Waals surface area contributed by atoms with Crippen molar-refractivity contribution in [3.05, 3.63) is 41.0 Å². The third-order valence-electron chi connectivity index (χ3n) is 4.90. The molecule has 2 saturated heterocycles. The van der Waals surface area contributed by atoms with Crippen LogP contribution in [0.5, 0.6) is 0 Å². The molecule has 4 rings (SSSR count). The van der Waals surface area contributed by atoms with Crippen LogP contribution in [0.25, 0.3) is 6.08 Å². The Morgan fingerprint density at radius 3 is 2.83 bits per heavy atom. The van der Waals surface area contributed by atoms with Gasteiger partial charge in [-0.15, -0.1) is 11.8 Å². The normalized spacial score (nSPS) is 23.1. The molecular formula is C18H20N2O2S. The van der Waals surface area contributed by atoms with Crippen LogP contribution < -0.4 is 0 Å². The highest BCUT2D eigenvalue weighted by Gasteiger charge is 2.38. The predicted octanol–water partition coefficient (Wildman–Crippen LogP) is 2.15. The summed E-state index contributed by atoms with van der Waals surface area (Å²) in [6, 6.07) is 7.86. The van der Waals surface area contributed by atoms with Gasteiger partial charge < -0.3 is 9.80 Å². The van der Waals surface area contributed by atoms with Gasteiger partial charge >= 0.3 is 0 Å². The van der Waals surface area contributed by atoms with E-state index in [1.165, 1.54) is 5.56 Å². The SMILES string of the molecule is O=C([C@@H]1CCCN1C(=O)C1=Cc2ccccc2C1)N1CCSC1. The first kappa shape index (κ1) is 14.8. The molecule has 0 radical (unpaired) electrons. The summed E-state index contributed by atoms with van der Waals surface area (Å²) in [7, 11) is 0. The summed E-state index contributed by atoms with van der Waals surface area (Å²) in [6.07, 6.45) is 4.39. The van der Waals surface area contributed by atoms with Gasteiger partial charge in [0.25, 0.3) is 5.91 Å². The summed E-state index contributed by atoms with van der Waals surface area (Å²) in [4.78, 5) is 29.3.